The molecule has 0 aliphatic heterocycles. The molecule has 2 aromatic heterocycles. The van der Waals surface area contributed by atoms with Gasteiger partial charge in [0.15, 0.2) is 5.69 Å². The third-order valence-electron chi connectivity index (χ3n) is 3.84. The zero-order valence-corrected chi connectivity index (χ0v) is 15.2. The minimum Gasteiger partial charge on any atom is -0.476 e. The van der Waals surface area contributed by atoms with Crippen LogP contribution in [0.15, 0.2) is 48.9 Å². The largest absolute Gasteiger partial charge is 0.476 e. The van der Waals surface area contributed by atoms with Crippen molar-refractivity contribution in [3.63, 3.8) is 0 Å². The van der Waals surface area contributed by atoms with Crippen LogP contribution in [-0.2, 0) is 12.6 Å². The minimum atomic E-state index is -4.49. The lowest BCUT2D eigenvalue weighted by Crippen LogP contribution is -2.07. The van der Waals surface area contributed by atoms with Gasteiger partial charge in [0.25, 0.3) is 0 Å². The second-order valence-electron chi connectivity index (χ2n) is 5.90. The van der Waals surface area contributed by atoms with Gasteiger partial charge in [0.05, 0.1) is 12.2 Å². The molecule has 30 heavy (non-hydrogen) atoms. The molecule has 0 bridgehead atoms. The molecular weight excluding hydrogens is 407 g/mol. The molecule has 0 spiro atoms. The molecule has 12 heteroatoms. The average Bonchev–Trinajstić information content (AvgIpc) is 2.70. The van der Waals surface area contributed by atoms with E-state index in [-0.39, 0.29) is 24.1 Å². The monoisotopic (exact) mass is 421 g/mol. The van der Waals surface area contributed by atoms with E-state index in [2.05, 4.69) is 15.0 Å². The quantitative estimate of drug-likeness (QED) is 0.451. The first-order valence-corrected chi connectivity index (χ1v) is 8.42. The van der Waals surface area contributed by atoms with Crippen LogP contribution in [0.3, 0.4) is 0 Å². The van der Waals surface area contributed by atoms with E-state index < -0.39 is 22.5 Å². The van der Waals surface area contributed by atoms with Gasteiger partial charge in [-0.2, -0.15) is 18.2 Å². The topological polar surface area (TPSA) is 126 Å². The van der Waals surface area contributed by atoms with Gasteiger partial charge in [-0.25, -0.2) is 4.98 Å². The summed E-state index contributed by atoms with van der Waals surface area (Å²) in [5.74, 6) is -0.499. The number of hydrogen-bond acceptors (Lipinski definition) is 8. The Hall–Kier alpha value is -3.96. The third kappa shape index (κ3) is 5.10. The number of nitrogens with two attached hydrogens (primary N) is 1. The first kappa shape index (κ1) is 20.8. The first-order chi connectivity index (χ1) is 14.2. The van der Waals surface area contributed by atoms with Crippen LogP contribution in [0.4, 0.5) is 24.7 Å². The molecule has 9 nitrogen and oxygen atoms in total. The Morgan fingerprint density at radius 2 is 1.83 bits per heavy atom. The fraction of sp³-hybridized carbons (Fsp3) is 0.167. The summed E-state index contributed by atoms with van der Waals surface area (Å²) in [6.45, 7) is 0.133. The van der Waals surface area contributed by atoms with E-state index in [0.29, 0.717) is 12.2 Å². The number of alkyl halides is 3. The van der Waals surface area contributed by atoms with Crippen molar-refractivity contribution in [2.75, 3.05) is 12.3 Å². The lowest BCUT2D eigenvalue weighted by molar-refractivity contribution is -0.388. The number of benzene rings is 1. The summed E-state index contributed by atoms with van der Waals surface area (Å²) in [5.41, 5.74) is 5.31. The fourth-order valence-corrected chi connectivity index (χ4v) is 2.38. The van der Waals surface area contributed by atoms with Crippen molar-refractivity contribution in [3.8, 4) is 17.5 Å². The van der Waals surface area contributed by atoms with Gasteiger partial charge in [0, 0.05) is 18.7 Å². The number of nitrogens with zero attached hydrogens (tertiary/aromatic N) is 4. The number of halogens is 3. The molecule has 0 aliphatic rings. The fourth-order valence-electron chi connectivity index (χ4n) is 2.38. The zero-order chi connectivity index (χ0) is 21.7. The van der Waals surface area contributed by atoms with Crippen molar-refractivity contribution in [1.82, 2.24) is 15.0 Å². The lowest BCUT2D eigenvalue weighted by Gasteiger charge is -2.10. The highest BCUT2D eigenvalue weighted by Crippen LogP contribution is 2.31. The van der Waals surface area contributed by atoms with Gasteiger partial charge in [-0.15, -0.1) is 0 Å². The molecule has 0 saturated carbocycles. The zero-order valence-electron chi connectivity index (χ0n) is 15.2. The molecule has 0 radical (unpaired) electrons. The van der Waals surface area contributed by atoms with Crippen molar-refractivity contribution >= 4 is 11.5 Å². The summed E-state index contributed by atoms with van der Waals surface area (Å²) in [7, 11) is 0. The Balaban J connectivity index is 1.58. The summed E-state index contributed by atoms with van der Waals surface area (Å²) in [5, 5.41) is 10.8. The van der Waals surface area contributed by atoms with E-state index in [0.717, 1.165) is 30.2 Å². The number of nitrogen functional groups attached to an aromatic ring is 1. The molecule has 0 fully saturated rings. The highest BCUT2D eigenvalue weighted by atomic mass is 19.4. The van der Waals surface area contributed by atoms with E-state index in [4.69, 9.17) is 15.2 Å². The maximum absolute atomic E-state index is 12.7. The Morgan fingerprint density at radius 3 is 2.50 bits per heavy atom. The van der Waals surface area contributed by atoms with Gasteiger partial charge in [0.1, 0.15) is 5.75 Å². The molecule has 0 saturated heterocycles. The standard InChI is InChI=1S/C18H14F3N5O4/c19-18(20,21)12-5-7-23-14(9-12)30-13-3-1-11(2-4-13)6-8-29-17-15(22)16(26(27)28)24-10-25-17/h1-5,7,9-10H,6,8,22H2. The van der Waals surface area contributed by atoms with Gasteiger partial charge in [-0.05, 0) is 33.7 Å². The number of anilines is 1. The van der Waals surface area contributed by atoms with Crippen LogP contribution in [0.25, 0.3) is 0 Å². The van der Waals surface area contributed by atoms with E-state index in [1.165, 1.54) is 0 Å². The summed E-state index contributed by atoms with van der Waals surface area (Å²) in [6, 6.07) is 8.19. The van der Waals surface area contributed by atoms with Crippen molar-refractivity contribution in [2.24, 2.45) is 0 Å². The molecular formula is C18H14F3N5O4. The van der Waals surface area contributed by atoms with Crippen LogP contribution in [-0.4, -0.2) is 26.5 Å². The van der Waals surface area contributed by atoms with Gasteiger partial charge in [-0.3, -0.25) is 0 Å². The van der Waals surface area contributed by atoms with Crippen LogP contribution < -0.4 is 15.2 Å². The van der Waals surface area contributed by atoms with Crippen molar-refractivity contribution in [3.05, 3.63) is 70.2 Å². The normalized spacial score (nSPS) is 11.2. The SMILES string of the molecule is Nc1c(OCCc2ccc(Oc3cc(C(F)(F)F)ccn3)cc2)ncnc1[N+](=O)[O-]. The number of ether oxygens (including phenoxy) is 2. The molecule has 3 rings (SSSR count). The Kier molecular flexibility index (Phi) is 5.95. The van der Waals surface area contributed by atoms with E-state index >= 15 is 0 Å². The predicted molar refractivity (Wildman–Crippen MR) is 98.1 cm³/mol. The maximum atomic E-state index is 12.7. The summed E-state index contributed by atoms with van der Waals surface area (Å²) in [4.78, 5) is 21.1. The molecule has 3 aromatic rings. The minimum absolute atomic E-state index is 0.0905. The van der Waals surface area contributed by atoms with Crippen LogP contribution in [0.5, 0.6) is 17.5 Å². The second-order valence-corrected chi connectivity index (χ2v) is 5.90. The molecule has 2 heterocycles. The van der Waals surface area contributed by atoms with Crippen molar-refractivity contribution < 1.29 is 27.6 Å². The Morgan fingerprint density at radius 1 is 1.10 bits per heavy atom. The summed E-state index contributed by atoms with van der Waals surface area (Å²) >= 11 is 0. The molecule has 0 aliphatic carbocycles. The number of hydrogen-bond donors (Lipinski definition) is 1. The molecule has 0 atom stereocenters. The van der Waals surface area contributed by atoms with Crippen molar-refractivity contribution in [1.29, 1.82) is 0 Å². The predicted octanol–water partition coefficient (Wildman–Crippen LogP) is 3.79. The third-order valence-corrected chi connectivity index (χ3v) is 3.84. The van der Waals surface area contributed by atoms with E-state index in [1.54, 1.807) is 24.3 Å². The number of rotatable bonds is 7. The van der Waals surface area contributed by atoms with Gasteiger partial charge >= 0.3 is 12.0 Å². The van der Waals surface area contributed by atoms with Crippen LogP contribution in [0.2, 0.25) is 0 Å². The molecule has 156 valence electrons. The number of aromatic nitrogens is 3. The molecule has 0 amide bonds. The Bertz CT molecular complexity index is 1040. The van der Waals surface area contributed by atoms with Crippen LogP contribution in [0, 0.1) is 10.1 Å². The van der Waals surface area contributed by atoms with E-state index in [1.807, 2.05) is 0 Å². The molecule has 2 N–H and O–H groups in total. The highest BCUT2D eigenvalue weighted by Gasteiger charge is 2.31. The summed E-state index contributed by atoms with van der Waals surface area (Å²) in [6.07, 6.45) is -2.07. The highest BCUT2D eigenvalue weighted by molar-refractivity contribution is 5.59. The van der Waals surface area contributed by atoms with Gasteiger partial charge < -0.3 is 25.3 Å². The lowest BCUT2D eigenvalue weighted by atomic mass is 10.1. The van der Waals surface area contributed by atoms with Crippen LogP contribution in [0.1, 0.15) is 11.1 Å². The Labute approximate surface area is 167 Å². The number of nitro groups is 1. The van der Waals surface area contributed by atoms with E-state index in [9.17, 15) is 23.3 Å². The van der Waals surface area contributed by atoms with Crippen molar-refractivity contribution in [2.45, 2.75) is 12.6 Å². The van der Waals surface area contributed by atoms with Gasteiger partial charge in [0.2, 0.25) is 18.1 Å². The first-order valence-electron chi connectivity index (χ1n) is 8.42. The smallest absolute Gasteiger partial charge is 0.416 e. The van der Waals surface area contributed by atoms with Crippen LogP contribution >= 0.6 is 0 Å². The maximum Gasteiger partial charge on any atom is 0.416 e. The second kappa shape index (κ2) is 8.59. The number of pyridine rings is 1. The summed E-state index contributed by atoms with van der Waals surface area (Å²) < 4.78 is 49.0. The average molecular weight is 421 g/mol. The molecule has 0 unspecified atom stereocenters. The molecule has 1 aromatic carbocycles. The van der Waals surface area contributed by atoms with Gasteiger partial charge in [-0.1, -0.05) is 12.1 Å².